The molecule has 2 aromatic carbocycles. The van der Waals surface area contributed by atoms with Gasteiger partial charge in [0, 0.05) is 42.1 Å². The summed E-state index contributed by atoms with van der Waals surface area (Å²) in [6.45, 7) is 1.12. The molecule has 0 saturated carbocycles. The smallest absolute Gasteiger partial charge is 0.169 e. The fourth-order valence-corrected chi connectivity index (χ4v) is 5.89. The Labute approximate surface area is 212 Å². The summed E-state index contributed by atoms with van der Waals surface area (Å²) in [5.41, 5.74) is 1.04. The van der Waals surface area contributed by atoms with Crippen molar-refractivity contribution in [3.05, 3.63) is 101 Å². The number of ketones is 1. The molecular weight excluding hydrogens is 478 g/mol. The fourth-order valence-electron chi connectivity index (χ4n) is 4.64. The van der Waals surface area contributed by atoms with Crippen molar-refractivity contribution in [2.24, 2.45) is 10.9 Å². The van der Waals surface area contributed by atoms with Crippen molar-refractivity contribution in [2.45, 2.75) is 12.0 Å². The van der Waals surface area contributed by atoms with Crippen molar-refractivity contribution < 1.29 is 13.6 Å². The molecule has 0 amide bonds. The highest BCUT2D eigenvalue weighted by atomic mass is 32.2. The van der Waals surface area contributed by atoms with Crippen LogP contribution in [0, 0.1) is 23.1 Å². The van der Waals surface area contributed by atoms with E-state index in [1.54, 1.807) is 30.0 Å². The first-order valence-electron chi connectivity index (χ1n) is 11.5. The summed E-state index contributed by atoms with van der Waals surface area (Å²) in [5.74, 6) is -0.293. The van der Waals surface area contributed by atoms with E-state index >= 15 is 4.39 Å². The second kappa shape index (κ2) is 10.1. The number of rotatable bonds is 6. The van der Waals surface area contributed by atoms with E-state index in [-0.39, 0.29) is 23.8 Å². The maximum Gasteiger partial charge on any atom is 0.169 e. The molecule has 0 unspecified atom stereocenters. The summed E-state index contributed by atoms with van der Waals surface area (Å²) < 4.78 is 30.2. The molecule has 3 aromatic rings. The summed E-state index contributed by atoms with van der Waals surface area (Å²) in [4.78, 5) is 21.8. The molecule has 0 bridgehead atoms. The highest BCUT2D eigenvalue weighted by molar-refractivity contribution is 8.14. The first-order valence-corrected chi connectivity index (χ1v) is 12.5. The molecule has 180 valence electrons. The minimum absolute atomic E-state index is 0.0319. The number of Topliss-reactive ketones (excluding diaryl/α,β-unsaturated/α-hetero) is 1. The summed E-state index contributed by atoms with van der Waals surface area (Å²) in [6, 6.07) is 18.4. The third-order valence-corrected chi connectivity index (χ3v) is 7.67. The van der Waals surface area contributed by atoms with Gasteiger partial charge in [-0.1, -0.05) is 36.4 Å². The average molecular weight is 501 g/mol. The van der Waals surface area contributed by atoms with E-state index in [9.17, 15) is 9.18 Å². The highest BCUT2D eigenvalue weighted by Gasteiger charge is 2.48. The van der Waals surface area contributed by atoms with E-state index in [1.807, 2.05) is 24.3 Å². The van der Waals surface area contributed by atoms with Crippen LogP contribution in [0.5, 0.6) is 0 Å². The number of aliphatic imine (C=N–C) groups is 1. The lowest BCUT2D eigenvalue weighted by atomic mass is 9.80. The molecule has 5 rings (SSSR count). The van der Waals surface area contributed by atoms with Crippen molar-refractivity contribution in [1.29, 1.82) is 5.26 Å². The van der Waals surface area contributed by atoms with E-state index in [0.717, 1.165) is 0 Å². The number of aromatic nitrogens is 1. The Morgan fingerprint density at radius 2 is 2.06 bits per heavy atom. The fraction of sp³-hybridized carbons (Fsp3) is 0.214. The normalized spacial score (nSPS) is 21.4. The average Bonchev–Trinajstić information content (AvgIpc) is 3.34. The molecule has 8 heteroatoms. The van der Waals surface area contributed by atoms with Gasteiger partial charge in [0.1, 0.15) is 23.3 Å². The predicted molar refractivity (Wildman–Crippen MR) is 138 cm³/mol. The van der Waals surface area contributed by atoms with Crippen LogP contribution in [0.4, 0.5) is 8.78 Å². The van der Waals surface area contributed by atoms with Crippen LogP contribution >= 0.6 is 11.8 Å². The van der Waals surface area contributed by atoms with Crippen LogP contribution in [0.3, 0.4) is 0 Å². The summed E-state index contributed by atoms with van der Waals surface area (Å²) >= 11 is 1.54. The van der Waals surface area contributed by atoms with Gasteiger partial charge in [0.25, 0.3) is 0 Å². The van der Waals surface area contributed by atoms with Crippen molar-refractivity contribution in [3.63, 3.8) is 0 Å². The molecule has 1 saturated heterocycles. The van der Waals surface area contributed by atoms with Gasteiger partial charge in [-0.25, -0.2) is 8.78 Å². The number of hydrogen-bond donors (Lipinski definition) is 1. The zero-order valence-electron chi connectivity index (χ0n) is 19.2. The van der Waals surface area contributed by atoms with E-state index in [0.29, 0.717) is 46.1 Å². The maximum atomic E-state index is 15.3. The Balaban J connectivity index is 1.48. The van der Waals surface area contributed by atoms with Crippen LogP contribution in [0.15, 0.2) is 71.9 Å². The lowest BCUT2D eigenvalue weighted by molar-refractivity contribution is 0.100. The number of fused-ring (bicyclic) bond motifs is 1. The number of thioether (sulfide) groups is 1. The first kappa shape index (κ1) is 24.0. The maximum absolute atomic E-state index is 15.3. The van der Waals surface area contributed by atoms with Gasteiger partial charge >= 0.3 is 0 Å². The monoisotopic (exact) mass is 500 g/mol. The molecule has 0 aliphatic carbocycles. The van der Waals surface area contributed by atoms with E-state index < -0.39 is 17.2 Å². The third-order valence-electron chi connectivity index (χ3n) is 6.53. The van der Waals surface area contributed by atoms with Crippen molar-refractivity contribution in [2.75, 3.05) is 18.8 Å². The molecule has 0 spiro atoms. The summed E-state index contributed by atoms with van der Waals surface area (Å²) in [6.07, 6.45) is 2.76. The lowest BCUT2D eigenvalue weighted by Gasteiger charge is -2.36. The number of carbonyl (C=O) groups is 1. The predicted octanol–water partition coefficient (Wildman–Crippen LogP) is 5.39. The molecule has 2 aliphatic rings. The zero-order valence-corrected chi connectivity index (χ0v) is 20.1. The number of nitrogens with one attached hydrogen (secondary N) is 1. The number of carbonyl (C=O) groups excluding carboxylic acids is 1. The number of hydrogen-bond acceptors (Lipinski definition) is 6. The third kappa shape index (κ3) is 4.72. The van der Waals surface area contributed by atoms with Crippen molar-refractivity contribution in [3.8, 4) is 6.07 Å². The molecule has 36 heavy (non-hydrogen) atoms. The molecule has 1 aromatic heterocycles. The Hall–Kier alpha value is -3.67. The number of nitrogens with zero attached hydrogens (tertiary/aromatic N) is 3. The van der Waals surface area contributed by atoms with Crippen LogP contribution in [-0.2, 0) is 5.54 Å². The Morgan fingerprint density at radius 1 is 1.22 bits per heavy atom. The van der Waals surface area contributed by atoms with Crippen LogP contribution in [-0.4, -0.2) is 34.7 Å². The first-order chi connectivity index (χ1) is 17.5. The summed E-state index contributed by atoms with van der Waals surface area (Å²) in [7, 11) is 0. The number of nitriles is 1. The van der Waals surface area contributed by atoms with Gasteiger partial charge in [0.2, 0.25) is 0 Å². The molecular formula is C28H22F2N4OS. The van der Waals surface area contributed by atoms with Crippen molar-refractivity contribution in [1.82, 2.24) is 10.3 Å². The molecule has 1 fully saturated rings. The van der Waals surface area contributed by atoms with E-state index in [2.05, 4.69) is 10.3 Å². The minimum atomic E-state index is -0.866. The van der Waals surface area contributed by atoms with Gasteiger partial charge in [-0.05, 0) is 35.9 Å². The second-order valence-electron chi connectivity index (χ2n) is 8.81. The number of benzene rings is 2. The standard InChI is InChI=1S/C28H22F2N4OS/c29-23-8-6-18(11-24(30)25-9-7-19(13-31)14-33-25)10-22(23)28-17-32-15-21(28)16-36-27(34-28)12-26(35)20-4-2-1-3-5-20/h1-11,14,21,32H,12,15-17H2/b24-11-/t21-,28-/m0/s1. The zero-order chi connectivity index (χ0) is 25.1. The minimum Gasteiger partial charge on any atom is -0.314 e. The highest BCUT2D eigenvalue weighted by Crippen LogP contribution is 2.45. The second-order valence-corrected chi connectivity index (χ2v) is 9.90. The largest absolute Gasteiger partial charge is 0.314 e. The SMILES string of the molecule is N#Cc1ccc(/C(F)=C/c2ccc(F)c([C@]34CNC[C@H]3CSC(CC(=O)c3ccccc3)=N4)c2)nc1. The number of pyridine rings is 1. The molecule has 0 radical (unpaired) electrons. The van der Waals surface area contributed by atoms with Crippen LogP contribution in [0.25, 0.3) is 11.9 Å². The quantitative estimate of drug-likeness (QED) is 0.459. The van der Waals surface area contributed by atoms with Crippen LogP contribution in [0.1, 0.15) is 39.2 Å². The van der Waals surface area contributed by atoms with Gasteiger partial charge in [0.05, 0.1) is 22.7 Å². The van der Waals surface area contributed by atoms with Crippen LogP contribution in [0.2, 0.25) is 0 Å². The van der Waals surface area contributed by atoms with Crippen molar-refractivity contribution >= 4 is 34.5 Å². The molecule has 1 N–H and O–H groups in total. The molecule has 2 atom stereocenters. The van der Waals surface area contributed by atoms with Crippen LogP contribution < -0.4 is 5.32 Å². The van der Waals surface area contributed by atoms with Gasteiger partial charge < -0.3 is 5.32 Å². The Bertz CT molecular complexity index is 1400. The summed E-state index contributed by atoms with van der Waals surface area (Å²) in [5, 5.41) is 12.9. The molecule has 2 aliphatic heterocycles. The topological polar surface area (TPSA) is 78.1 Å². The van der Waals surface area contributed by atoms with E-state index in [4.69, 9.17) is 10.3 Å². The Kier molecular flexibility index (Phi) is 6.77. The molecule has 5 nitrogen and oxygen atoms in total. The van der Waals surface area contributed by atoms with Gasteiger partial charge in [0.15, 0.2) is 5.78 Å². The van der Waals surface area contributed by atoms with Gasteiger partial charge in [-0.3, -0.25) is 14.8 Å². The number of halogens is 2. The van der Waals surface area contributed by atoms with E-state index in [1.165, 1.54) is 36.5 Å². The lowest BCUT2D eigenvalue weighted by Crippen LogP contribution is -2.39. The van der Waals surface area contributed by atoms with Gasteiger partial charge in [-0.15, -0.1) is 11.8 Å². The Morgan fingerprint density at radius 3 is 2.81 bits per heavy atom. The molecule has 3 heterocycles. The van der Waals surface area contributed by atoms with Gasteiger partial charge in [-0.2, -0.15) is 5.26 Å².